The standard InChI is InChI=1S/C20H22F3N3O2/c1-3-28-11-13-5-4-6-15(9-13)26-19(27)14-7-8-17-16(10-14)18(20(21,22)23)25-12(2)24-17/h4-6,9,14H,3,7-8,10-11H2,1-2H3,(H,26,27). The molecule has 1 N–H and O–H groups in total. The third-order valence-electron chi connectivity index (χ3n) is 4.69. The average Bonchev–Trinajstić information content (AvgIpc) is 2.64. The Labute approximate surface area is 161 Å². The SMILES string of the molecule is CCOCc1cccc(NC(=O)C2CCc3nc(C)nc(C(F)(F)F)c3C2)c1. The lowest BCUT2D eigenvalue weighted by Crippen LogP contribution is -2.31. The smallest absolute Gasteiger partial charge is 0.377 e. The second-order valence-corrected chi connectivity index (χ2v) is 6.81. The number of anilines is 1. The van der Waals surface area contributed by atoms with Crippen LogP contribution in [0.2, 0.25) is 0 Å². The van der Waals surface area contributed by atoms with Gasteiger partial charge in [-0.05, 0) is 50.8 Å². The molecule has 1 aromatic heterocycles. The fourth-order valence-electron chi connectivity index (χ4n) is 3.40. The fourth-order valence-corrected chi connectivity index (χ4v) is 3.40. The van der Waals surface area contributed by atoms with Crippen molar-refractivity contribution < 1.29 is 22.7 Å². The van der Waals surface area contributed by atoms with E-state index >= 15 is 0 Å². The molecule has 0 spiro atoms. The molecule has 8 heteroatoms. The zero-order chi connectivity index (χ0) is 20.3. The van der Waals surface area contributed by atoms with E-state index in [1.807, 2.05) is 13.0 Å². The zero-order valence-electron chi connectivity index (χ0n) is 15.8. The summed E-state index contributed by atoms with van der Waals surface area (Å²) in [5, 5.41) is 2.81. The van der Waals surface area contributed by atoms with E-state index in [0.29, 0.717) is 37.4 Å². The van der Waals surface area contributed by atoms with Gasteiger partial charge in [0.1, 0.15) is 5.82 Å². The Morgan fingerprint density at radius 2 is 2.11 bits per heavy atom. The van der Waals surface area contributed by atoms with E-state index < -0.39 is 17.8 Å². The van der Waals surface area contributed by atoms with Gasteiger partial charge in [-0.3, -0.25) is 4.79 Å². The first kappa shape index (κ1) is 20.3. The topological polar surface area (TPSA) is 64.1 Å². The first-order chi connectivity index (χ1) is 13.3. The van der Waals surface area contributed by atoms with Gasteiger partial charge in [0.2, 0.25) is 5.91 Å². The minimum atomic E-state index is -4.57. The highest BCUT2D eigenvalue weighted by atomic mass is 19.4. The van der Waals surface area contributed by atoms with Crippen molar-refractivity contribution >= 4 is 11.6 Å². The molecule has 0 aliphatic heterocycles. The quantitative estimate of drug-likeness (QED) is 0.831. The predicted octanol–water partition coefficient (Wildman–Crippen LogP) is 4.08. The molecule has 28 heavy (non-hydrogen) atoms. The monoisotopic (exact) mass is 393 g/mol. The van der Waals surface area contributed by atoms with E-state index in [1.54, 1.807) is 18.2 Å². The van der Waals surface area contributed by atoms with Crippen LogP contribution in [0.1, 0.15) is 41.7 Å². The number of ether oxygens (including phenoxy) is 1. The van der Waals surface area contributed by atoms with Gasteiger partial charge in [0.15, 0.2) is 5.69 Å². The molecular weight excluding hydrogens is 371 g/mol. The Kier molecular flexibility index (Phi) is 5.98. The Hall–Kier alpha value is -2.48. The van der Waals surface area contributed by atoms with E-state index in [0.717, 1.165) is 5.56 Å². The van der Waals surface area contributed by atoms with Crippen LogP contribution in [0.3, 0.4) is 0 Å². The number of rotatable bonds is 5. The number of aromatic nitrogens is 2. The fraction of sp³-hybridized carbons (Fsp3) is 0.450. The van der Waals surface area contributed by atoms with E-state index in [1.165, 1.54) is 6.92 Å². The molecule has 1 aromatic carbocycles. The number of carbonyl (C=O) groups is 1. The largest absolute Gasteiger partial charge is 0.433 e. The van der Waals surface area contributed by atoms with Crippen LogP contribution in [0.5, 0.6) is 0 Å². The summed E-state index contributed by atoms with van der Waals surface area (Å²) in [6, 6.07) is 7.24. The molecule has 1 aliphatic carbocycles. The molecule has 3 rings (SSSR count). The molecule has 0 saturated carbocycles. The van der Waals surface area contributed by atoms with Gasteiger partial charge in [-0.25, -0.2) is 9.97 Å². The number of fused-ring (bicyclic) bond motifs is 1. The highest BCUT2D eigenvalue weighted by Gasteiger charge is 2.39. The number of nitrogens with one attached hydrogen (secondary N) is 1. The highest BCUT2D eigenvalue weighted by Crippen LogP contribution is 2.36. The van der Waals surface area contributed by atoms with Crippen molar-refractivity contribution in [2.24, 2.45) is 5.92 Å². The van der Waals surface area contributed by atoms with Crippen molar-refractivity contribution in [1.82, 2.24) is 9.97 Å². The third-order valence-corrected chi connectivity index (χ3v) is 4.69. The summed E-state index contributed by atoms with van der Waals surface area (Å²) in [4.78, 5) is 20.4. The molecule has 0 bridgehead atoms. The second kappa shape index (κ2) is 8.26. The van der Waals surface area contributed by atoms with E-state index in [4.69, 9.17) is 4.74 Å². The maximum Gasteiger partial charge on any atom is 0.433 e. The molecule has 1 amide bonds. The van der Waals surface area contributed by atoms with Gasteiger partial charge >= 0.3 is 6.18 Å². The Bertz CT molecular complexity index is 868. The molecule has 1 unspecified atom stereocenters. The normalized spacial score (nSPS) is 16.5. The van der Waals surface area contributed by atoms with Crippen LogP contribution in [0.25, 0.3) is 0 Å². The zero-order valence-corrected chi connectivity index (χ0v) is 15.8. The van der Waals surface area contributed by atoms with E-state index in [-0.39, 0.29) is 23.7 Å². The summed E-state index contributed by atoms with van der Waals surface area (Å²) in [7, 11) is 0. The molecule has 150 valence electrons. The first-order valence-electron chi connectivity index (χ1n) is 9.19. The minimum absolute atomic E-state index is 0.0189. The van der Waals surface area contributed by atoms with Gasteiger partial charge < -0.3 is 10.1 Å². The van der Waals surface area contributed by atoms with Crippen molar-refractivity contribution in [2.75, 3.05) is 11.9 Å². The van der Waals surface area contributed by atoms with Crippen molar-refractivity contribution in [1.29, 1.82) is 0 Å². The summed E-state index contributed by atoms with van der Waals surface area (Å²) in [5.74, 6) is -0.761. The average molecular weight is 393 g/mol. The number of hydrogen-bond acceptors (Lipinski definition) is 4. The Balaban J connectivity index is 1.76. The number of alkyl halides is 3. The number of amides is 1. The van der Waals surface area contributed by atoms with Crippen molar-refractivity contribution in [3.63, 3.8) is 0 Å². The molecule has 0 radical (unpaired) electrons. The predicted molar refractivity (Wildman–Crippen MR) is 97.7 cm³/mol. The maximum absolute atomic E-state index is 13.4. The Morgan fingerprint density at radius 1 is 1.32 bits per heavy atom. The molecule has 0 saturated heterocycles. The molecule has 0 fully saturated rings. The lowest BCUT2D eigenvalue weighted by atomic mass is 9.85. The summed E-state index contributed by atoms with van der Waals surface area (Å²) in [5.41, 5.74) is 1.02. The van der Waals surface area contributed by atoms with Crippen LogP contribution >= 0.6 is 0 Å². The van der Waals surface area contributed by atoms with Gasteiger partial charge in [0, 0.05) is 29.5 Å². The summed E-state index contributed by atoms with van der Waals surface area (Å²) >= 11 is 0. The number of aryl methyl sites for hydroxylation is 2. The van der Waals surface area contributed by atoms with Crippen LogP contribution < -0.4 is 5.32 Å². The summed E-state index contributed by atoms with van der Waals surface area (Å²) < 4.78 is 45.5. The first-order valence-corrected chi connectivity index (χ1v) is 9.19. The number of carbonyl (C=O) groups excluding carboxylic acids is 1. The van der Waals surface area contributed by atoms with Crippen LogP contribution in [-0.4, -0.2) is 22.5 Å². The van der Waals surface area contributed by atoms with Crippen molar-refractivity contribution in [3.8, 4) is 0 Å². The number of halogens is 3. The lowest BCUT2D eigenvalue weighted by molar-refractivity contribution is -0.142. The summed E-state index contributed by atoms with van der Waals surface area (Å²) in [6.45, 7) is 4.36. The molecule has 1 aliphatic rings. The van der Waals surface area contributed by atoms with Gasteiger partial charge in [-0.15, -0.1) is 0 Å². The molecule has 2 aromatic rings. The van der Waals surface area contributed by atoms with E-state index in [2.05, 4.69) is 15.3 Å². The third kappa shape index (κ3) is 4.67. The minimum Gasteiger partial charge on any atom is -0.377 e. The molecule has 1 heterocycles. The summed E-state index contributed by atoms with van der Waals surface area (Å²) in [6.07, 6.45) is -3.81. The Morgan fingerprint density at radius 3 is 2.82 bits per heavy atom. The molecule has 1 atom stereocenters. The van der Waals surface area contributed by atoms with Gasteiger partial charge in [0.25, 0.3) is 0 Å². The van der Waals surface area contributed by atoms with Crippen LogP contribution in [0, 0.1) is 12.8 Å². The molecule has 5 nitrogen and oxygen atoms in total. The van der Waals surface area contributed by atoms with Crippen molar-refractivity contribution in [2.45, 2.75) is 45.9 Å². The van der Waals surface area contributed by atoms with Gasteiger partial charge in [0.05, 0.1) is 6.61 Å². The molecular formula is C20H22F3N3O2. The number of benzene rings is 1. The lowest BCUT2D eigenvalue weighted by Gasteiger charge is -2.25. The van der Waals surface area contributed by atoms with Crippen LogP contribution in [-0.2, 0) is 35.2 Å². The van der Waals surface area contributed by atoms with Gasteiger partial charge in [-0.1, -0.05) is 12.1 Å². The second-order valence-electron chi connectivity index (χ2n) is 6.81. The number of hydrogen-bond donors (Lipinski definition) is 1. The van der Waals surface area contributed by atoms with Crippen LogP contribution in [0.15, 0.2) is 24.3 Å². The van der Waals surface area contributed by atoms with E-state index in [9.17, 15) is 18.0 Å². The highest BCUT2D eigenvalue weighted by molar-refractivity contribution is 5.93. The van der Waals surface area contributed by atoms with Gasteiger partial charge in [-0.2, -0.15) is 13.2 Å². The number of nitrogens with zero attached hydrogens (tertiary/aromatic N) is 2. The van der Waals surface area contributed by atoms with Crippen molar-refractivity contribution in [3.05, 3.63) is 52.6 Å². The van der Waals surface area contributed by atoms with Crippen LogP contribution in [0.4, 0.5) is 18.9 Å². The maximum atomic E-state index is 13.4.